The highest BCUT2D eigenvalue weighted by Gasteiger charge is 2.10. The molecule has 2 heterocycles. The zero-order valence-corrected chi connectivity index (χ0v) is 13.0. The van der Waals surface area contributed by atoms with Gasteiger partial charge in [-0.25, -0.2) is 14.6 Å². The van der Waals surface area contributed by atoms with Gasteiger partial charge >= 0.3 is 0 Å². The summed E-state index contributed by atoms with van der Waals surface area (Å²) in [6.07, 6.45) is 3.30. The van der Waals surface area contributed by atoms with Gasteiger partial charge in [0.1, 0.15) is 12.1 Å². The minimum atomic E-state index is 0.616. The highest BCUT2D eigenvalue weighted by molar-refractivity contribution is 9.10. The Morgan fingerprint density at radius 1 is 1.33 bits per heavy atom. The van der Waals surface area contributed by atoms with Crippen molar-refractivity contribution in [1.29, 1.82) is 0 Å². The van der Waals surface area contributed by atoms with Crippen molar-refractivity contribution in [1.82, 2.24) is 19.7 Å². The fraction of sp³-hybridized carbons (Fsp3) is 0.214. The van der Waals surface area contributed by atoms with Crippen LogP contribution in [0.1, 0.15) is 0 Å². The first kappa shape index (κ1) is 14.0. The number of aromatic nitrogens is 4. The van der Waals surface area contributed by atoms with Gasteiger partial charge in [-0.2, -0.15) is 5.10 Å². The molecule has 1 N–H and O–H groups in total. The van der Waals surface area contributed by atoms with E-state index in [4.69, 9.17) is 4.74 Å². The molecule has 0 saturated heterocycles. The van der Waals surface area contributed by atoms with Gasteiger partial charge in [-0.3, -0.25) is 0 Å². The molecule has 1 aromatic carbocycles. The van der Waals surface area contributed by atoms with E-state index in [0.29, 0.717) is 13.2 Å². The van der Waals surface area contributed by atoms with E-state index in [1.807, 2.05) is 24.3 Å². The molecule has 3 rings (SSSR count). The lowest BCUT2D eigenvalue weighted by atomic mass is 10.3. The predicted octanol–water partition coefficient (Wildman–Crippen LogP) is 2.64. The summed E-state index contributed by atoms with van der Waals surface area (Å²) in [5.41, 5.74) is 1.71. The van der Waals surface area contributed by atoms with Crippen molar-refractivity contribution in [2.75, 3.05) is 25.6 Å². The average molecular weight is 348 g/mol. The number of hydrogen-bond acceptors (Lipinski definition) is 5. The maximum atomic E-state index is 5.03. The van der Waals surface area contributed by atoms with Gasteiger partial charge < -0.3 is 10.1 Å². The smallest absolute Gasteiger partial charge is 0.168 e. The summed E-state index contributed by atoms with van der Waals surface area (Å²) in [7, 11) is 1.67. The predicted molar refractivity (Wildman–Crippen MR) is 84.7 cm³/mol. The summed E-state index contributed by atoms with van der Waals surface area (Å²) in [5, 5.41) is 8.53. The maximum Gasteiger partial charge on any atom is 0.168 e. The Morgan fingerprint density at radius 3 is 3.05 bits per heavy atom. The van der Waals surface area contributed by atoms with Gasteiger partial charge in [-0.15, -0.1) is 0 Å². The van der Waals surface area contributed by atoms with E-state index in [9.17, 15) is 0 Å². The molecule has 0 amide bonds. The second-order valence-corrected chi connectivity index (χ2v) is 5.33. The first-order valence-corrected chi connectivity index (χ1v) is 7.26. The first-order chi connectivity index (χ1) is 10.3. The first-order valence-electron chi connectivity index (χ1n) is 6.47. The highest BCUT2D eigenvalue weighted by atomic mass is 79.9. The van der Waals surface area contributed by atoms with Crippen LogP contribution in [-0.2, 0) is 4.74 Å². The Morgan fingerprint density at radius 2 is 2.24 bits per heavy atom. The summed E-state index contributed by atoms with van der Waals surface area (Å²) in [5.74, 6) is 0.762. The van der Waals surface area contributed by atoms with Crippen LogP contribution in [0.25, 0.3) is 16.7 Å². The summed E-state index contributed by atoms with van der Waals surface area (Å²) >= 11 is 3.47. The van der Waals surface area contributed by atoms with E-state index in [1.54, 1.807) is 18.0 Å². The molecule has 108 valence electrons. The van der Waals surface area contributed by atoms with E-state index in [1.165, 1.54) is 6.33 Å². The van der Waals surface area contributed by atoms with E-state index in [-0.39, 0.29) is 0 Å². The summed E-state index contributed by atoms with van der Waals surface area (Å²) in [4.78, 5) is 8.60. The molecular formula is C14H14BrN5O. The lowest BCUT2D eigenvalue weighted by molar-refractivity contribution is 0.210. The molecule has 0 saturated carbocycles. The van der Waals surface area contributed by atoms with Crippen molar-refractivity contribution in [3.05, 3.63) is 41.3 Å². The Balaban J connectivity index is 2.01. The molecule has 0 aliphatic rings. The fourth-order valence-electron chi connectivity index (χ4n) is 2.05. The normalized spacial score (nSPS) is 11.0. The van der Waals surface area contributed by atoms with Crippen molar-refractivity contribution in [2.24, 2.45) is 0 Å². The molecule has 21 heavy (non-hydrogen) atoms. The summed E-state index contributed by atoms with van der Waals surface area (Å²) in [6, 6.07) is 7.91. The van der Waals surface area contributed by atoms with Gasteiger partial charge in [0.25, 0.3) is 0 Å². The van der Waals surface area contributed by atoms with E-state index >= 15 is 0 Å². The van der Waals surface area contributed by atoms with Crippen molar-refractivity contribution in [3.63, 3.8) is 0 Å². The largest absolute Gasteiger partial charge is 0.383 e. The van der Waals surface area contributed by atoms with E-state index in [0.717, 1.165) is 27.0 Å². The average Bonchev–Trinajstić information content (AvgIpc) is 2.92. The van der Waals surface area contributed by atoms with Gasteiger partial charge in [0.05, 0.1) is 23.9 Å². The van der Waals surface area contributed by atoms with Gasteiger partial charge in [0, 0.05) is 18.1 Å². The highest BCUT2D eigenvalue weighted by Crippen LogP contribution is 2.22. The molecule has 0 aliphatic carbocycles. The molecule has 0 bridgehead atoms. The molecule has 6 nitrogen and oxygen atoms in total. The standard InChI is InChI=1S/C14H14BrN5O/c1-21-6-5-16-13-12-8-19-20(14(12)18-9-17-13)11-4-2-3-10(15)7-11/h2-4,7-9H,5-6H2,1H3,(H,16,17,18). The van der Waals surface area contributed by atoms with Crippen LogP contribution in [0.4, 0.5) is 5.82 Å². The van der Waals surface area contributed by atoms with Gasteiger partial charge in [-0.1, -0.05) is 22.0 Å². The number of methoxy groups -OCH3 is 1. The monoisotopic (exact) mass is 347 g/mol. The summed E-state index contributed by atoms with van der Waals surface area (Å²) < 4.78 is 7.82. The Hall–Kier alpha value is -1.99. The minimum absolute atomic E-state index is 0.616. The number of fused-ring (bicyclic) bond motifs is 1. The van der Waals surface area contributed by atoms with Crippen molar-refractivity contribution in [3.8, 4) is 5.69 Å². The topological polar surface area (TPSA) is 64.9 Å². The number of nitrogens with zero attached hydrogens (tertiary/aromatic N) is 4. The molecule has 0 fully saturated rings. The zero-order chi connectivity index (χ0) is 14.7. The molecule has 0 spiro atoms. The van der Waals surface area contributed by atoms with Crippen LogP contribution in [-0.4, -0.2) is 40.0 Å². The SMILES string of the molecule is COCCNc1ncnc2c1cnn2-c1cccc(Br)c1. The third-order valence-corrected chi connectivity index (χ3v) is 3.51. The number of ether oxygens (including phenoxy) is 1. The number of nitrogens with one attached hydrogen (secondary N) is 1. The molecule has 2 aromatic heterocycles. The Kier molecular flexibility index (Phi) is 4.12. The molecule has 3 aromatic rings. The number of hydrogen-bond donors (Lipinski definition) is 1. The van der Waals surface area contributed by atoms with Crippen molar-refractivity contribution in [2.45, 2.75) is 0 Å². The molecule has 0 unspecified atom stereocenters. The van der Waals surface area contributed by atoms with Crippen LogP contribution in [0, 0.1) is 0 Å². The van der Waals surface area contributed by atoms with Crippen molar-refractivity contribution < 1.29 is 4.74 Å². The summed E-state index contributed by atoms with van der Waals surface area (Å²) in [6.45, 7) is 1.30. The van der Waals surface area contributed by atoms with E-state index < -0.39 is 0 Å². The second-order valence-electron chi connectivity index (χ2n) is 4.42. The number of anilines is 1. The lowest BCUT2D eigenvalue weighted by Crippen LogP contribution is -2.09. The number of benzene rings is 1. The van der Waals surface area contributed by atoms with Crippen LogP contribution in [0.15, 0.2) is 41.3 Å². The van der Waals surface area contributed by atoms with E-state index in [2.05, 4.69) is 36.3 Å². The molecular weight excluding hydrogens is 334 g/mol. The fourth-order valence-corrected chi connectivity index (χ4v) is 2.44. The number of rotatable bonds is 5. The van der Waals surface area contributed by atoms with Crippen LogP contribution in [0.5, 0.6) is 0 Å². The third-order valence-electron chi connectivity index (χ3n) is 3.02. The third kappa shape index (κ3) is 2.88. The molecule has 0 atom stereocenters. The number of halogens is 1. The van der Waals surface area contributed by atoms with Gasteiger partial charge in [0.2, 0.25) is 0 Å². The van der Waals surface area contributed by atoms with Gasteiger partial charge in [0.15, 0.2) is 5.65 Å². The second kappa shape index (κ2) is 6.19. The van der Waals surface area contributed by atoms with Gasteiger partial charge in [-0.05, 0) is 18.2 Å². The molecule has 0 aliphatic heterocycles. The maximum absolute atomic E-state index is 5.03. The van der Waals surface area contributed by atoms with Crippen molar-refractivity contribution >= 4 is 32.8 Å². The minimum Gasteiger partial charge on any atom is -0.383 e. The van der Waals surface area contributed by atoms with Crippen LogP contribution < -0.4 is 5.32 Å². The van der Waals surface area contributed by atoms with Crippen LogP contribution in [0.3, 0.4) is 0 Å². The molecule has 0 radical (unpaired) electrons. The Labute approximate surface area is 130 Å². The molecule has 7 heteroatoms. The lowest BCUT2D eigenvalue weighted by Gasteiger charge is -2.06. The Bertz CT molecular complexity index is 758. The van der Waals surface area contributed by atoms with Crippen LogP contribution in [0.2, 0.25) is 0 Å². The zero-order valence-electron chi connectivity index (χ0n) is 11.5. The van der Waals surface area contributed by atoms with Crippen LogP contribution >= 0.6 is 15.9 Å². The quantitative estimate of drug-likeness (QED) is 0.718.